The van der Waals surface area contributed by atoms with Crippen molar-refractivity contribution < 1.29 is 4.74 Å². The Morgan fingerprint density at radius 2 is 1.89 bits per heavy atom. The monoisotopic (exact) mass is 253 g/mol. The van der Waals surface area contributed by atoms with Crippen LogP contribution < -0.4 is 10.1 Å². The summed E-state index contributed by atoms with van der Waals surface area (Å²) in [5.74, 6) is 1.49. The van der Waals surface area contributed by atoms with Gasteiger partial charge in [-0.25, -0.2) is 0 Å². The van der Waals surface area contributed by atoms with Crippen molar-refractivity contribution in [1.82, 2.24) is 5.32 Å². The second-order valence-corrected chi connectivity index (χ2v) is 5.08. The van der Waals surface area contributed by atoms with E-state index in [-0.39, 0.29) is 0 Å². The van der Waals surface area contributed by atoms with Gasteiger partial charge in [-0.3, -0.25) is 0 Å². The topological polar surface area (TPSA) is 21.3 Å². The molecule has 1 atom stereocenters. The van der Waals surface area contributed by atoms with Gasteiger partial charge >= 0.3 is 0 Å². The molecule has 0 saturated heterocycles. The van der Waals surface area contributed by atoms with E-state index in [9.17, 15) is 0 Å². The van der Waals surface area contributed by atoms with Crippen LogP contribution >= 0.6 is 0 Å². The molecule has 1 N–H and O–H groups in total. The summed E-state index contributed by atoms with van der Waals surface area (Å²) in [4.78, 5) is 0. The van der Waals surface area contributed by atoms with Gasteiger partial charge in [0.05, 0.1) is 7.11 Å². The average molecular weight is 253 g/mol. The van der Waals surface area contributed by atoms with E-state index in [4.69, 9.17) is 4.74 Å². The molecule has 1 aliphatic rings. The molecule has 0 saturated carbocycles. The third-order valence-electron chi connectivity index (χ3n) is 3.84. The fourth-order valence-electron chi connectivity index (χ4n) is 2.81. The van der Waals surface area contributed by atoms with E-state index in [1.165, 1.54) is 16.7 Å². The molecule has 0 aromatic heterocycles. The largest absolute Gasteiger partial charge is 0.497 e. The maximum Gasteiger partial charge on any atom is 0.118 e. The minimum Gasteiger partial charge on any atom is -0.497 e. The van der Waals surface area contributed by atoms with E-state index in [0.717, 1.165) is 25.3 Å². The van der Waals surface area contributed by atoms with Gasteiger partial charge in [0.25, 0.3) is 0 Å². The third-order valence-corrected chi connectivity index (χ3v) is 3.84. The number of fused-ring (bicyclic) bond motifs is 1. The Labute approximate surface area is 114 Å². The van der Waals surface area contributed by atoms with Crippen LogP contribution in [0.5, 0.6) is 5.75 Å². The van der Waals surface area contributed by atoms with Crippen LogP contribution in [0.15, 0.2) is 48.5 Å². The standard InChI is InChI=1S/C17H19NO/c1-19-16-8-6-13(7-9-16)10-15-12-18-11-14-4-2-3-5-17(14)15/h2-9,15,18H,10-12H2,1H3. The molecule has 2 nitrogen and oxygen atoms in total. The van der Waals surface area contributed by atoms with Crippen LogP contribution in [0.25, 0.3) is 0 Å². The molecule has 0 spiro atoms. The first-order valence-electron chi connectivity index (χ1n) is 6.78. The van der Waals surface area contributed by atoms with Crippen molar-refractivity contribution in [2.45, 2.75) is 18.9 Å². The molecule has 1 heterocycles. The number of nitrogens with one attached hydrogen (secondary N) is 1. The zero-order chi connectivity index (χ0) is 13.1. The molecule has 1 aliphatic heterocycles. The highest BCUT2D eigenvalue weighted by Gasteiger charge is 2.19. The van der Waals surface area contributed by atoms with Gasteiger partial charge in [-0.1, -0.05) is 36.4 Å². The summed E-state index contributed by atoms with van der Waals surface area (Å²) in [5.41, 5.74) is 4.30. The lowest BCUT2D eigenvalue weighted by atomic mass is 9.86. The van der Waals surface area contributed by atoms with Gasteiger partial charge in [0.15, 0.2) is 0 Å². The molecule has 0 radical (unpaired) electrons. The van der Waals surface area contributed by atoms with Crippen LogP contribution in [0.2, 0.25) is 0 Å². The smallest absolute Gasteiger partial charge is 0.118 e. The Morgan fingerprint density at radius 3 is 2.68 bits per heavy atom. The molecular weight excluding hydrogens is 234 g/mol. The zero-order valence-electron chi connectivity index (χ0n) is 11.2. The average Bonchev–Trinajstić information content (AvgIpc) is 2.48. The fraction of sp³-hybridized carbons (Fsp3) is 0.294. The lowest BCUT2D eigenvalue weighted by Gasteiger charge is -2.26. The molecule has 3 rings (SSSR count). The first-order valence-corrected chi connectivity index (χ1v) is 6.78. The molecule has 0 amide bonds. The van der Waals surface area contributed by atoms with Gasteiger partial charge in [-0.15, -0.1) is 0 Å². The fourth-order valence-corrected chi connectivity index (χ4v) is 2.81. The van der Waals surface area contributed by atoms with E-state index >= 15 is 0 Å². The van der Waals surface area contributed by atoms with Gasteiger partial charge in [0.2, 0.25) is 0 Å². The van der Waals surface area contributed by atoms with Crippen LogP contribution in [0.1, 0.15) is 22.6 Å². The Kier molecular flexibility index (Phi) is 3.51. The van der Waals surface area contributed by atoms with Crippen molar-refractivity contribution in [2.24, 2.45) is 0 Å². The summed E-state index contributed by atoms with van der Waals surface area (Å²) in [6.45, 7) is 2.05. The predicted molar refractivity (Wildman–Crippen MR) is 77.6 cm³/mol. The second kappa shape index (κ2) is 5.45. The van der Waals surface area contributed by atoms with Crippen molar-refractivity contribution in [1.29, 1.82) is 0 Å². The summed E-state index contributed by atoms with van der Waals surface area (Å²) in [5, 5.41) is 3.51. The van der Waals surface area contributed by atoms with Gasteiger partial charge in [0, 0.05) is 19.0 Å². The first kappa shape index (κ1) is 12.2. The molecule has 98 valence electrons. The normalized spacial score (nSPS) is 17.8. The van der Waals surface area contributed by atoms with E-state index < -0.39 is 0 Å². The SMILES string of the molecule is COc1ccc(CC2CNCc3ccccc32)cc1. The number of hydrogen-bond acceptors (Lipinski definition) is 2. The van der Waals surface area contributed by atoms with Gasteiger partial charge in [-0.2, -0.15) is 0 Å². The summed E-state index contributed by atoms with van der Waals surface area (Å²) in [7, 11) is 1.70. The Hall–Kier alpha value is -1.80. The van der Waals surface area contributed by atoms with Gasteiger partial charge in [-0.05, 0) is 35.2 Å². The molecule has 2 aromatic carbocycles. The van der Waals surface area contributed by atoms with Gasteiger partial charge < -0.3 is 10.1 Å². The van der Waals surface area contributed by atoms with Crippen molar-refractivity contribution in [2.75, 3.05) is 13.7 Å². The highest BCUT2D eigenvalue weighted by Crippen LogP contribution is 2.27. The Morgan fingerprint density at radius 1 is 1.11 bits per heavy atom. The summed E-state index contributed by atoms with van der Waals surface area (Å²) in [6.07, 6.45) is 1.08. The Balaban J connectivity index is 1.80. The number of ether oxygens (including phenoxy) is 1. The highest BCUT2D eigenvalue weighted by molar-refractivity contribution is 5.35. The van der Waals surface area contributed by atoms with E-state index in [1.807, 2.05) is 12.1 Å². The van der Waals surface area contributed by atoms with Crippen LogP contribution in [-0.2, 0) is 13.0 Å². The maximum atomic E-state index is 5.20. The summed E-state index contributed by atoms with van der Waals surface area (Å²) in [6, 6.07) is 17.2. The minimum absolute atomic E-state index is 0.568. The van der Waals surface area contributed by atoms with Gasteiger partial charge in [0.1, 0.15) is 5.75 Å². The number of hydrogen-bond donors (Lipinski definition) is 1. The molecule has 19 heavy (non-hydrogen) atoms. The van der Waals surface area contributed by atoms with Crippen molar-refractivity contribution in [3.63, 3.8) is 0 Å². The number of methoxy groups -OCH3 is 1. The van der Waals surface area contributed by atoms with E-state index in [0.29, 0.717) is 5.92 Å². The lowest BCUT2D eigenvalue weighted by Crippen LogP contribution is -2.29. The Bertz CT molecular complexity index is 547. The molecule has 0 aliphatic carbocycles. The molecule has 2 heteroatoms. The van der Waals surface area contributed by atoms with Crippen LogP contribution in [0.4, 0.5) is 0 Å². The highest BCUT2D eigenvalue weighted by atomic mass is 16.5. The van der Waals surface area contributed by atoms with E-state index in [2.05, 4.69) is 41.7 Å². The summed E-state index contributed by atoms with van der Waals surface area (Å²) >= 11 is 0. The van der Waals surface area contributed by atoms with Crippen LogP contribution in [0.3, 0.4) is 0 Å². The lowest BCUT2D eigenvalue weighted by molar-refractivity contribution is 0.414. The van der Waals surface area contributed by atoms with E-state index in [1.54, 1.807) is 7.11 Å². The minimum atomic E-state index is 0.568. The second-order valence-electron chi connectivity index (χ2n) is 5.08. The van der Waals surface area contributed by atoms with Crippen molar-refractivity contribution in [3.05, 3.63) is 65.2 Å². The molecule has 0 fully saturated rings. The quantitative estimate of drug-likeness (QED) is 0.907. The zero-order valence-corrected chi connectivity index (χ0v) is 11.2. The predicted octanol–water partition coefficient (Wildman–Crippen LogP) is 3.12. The number of rotatable bonds is 3. The third kappa shape index (κ3) is 2.64. The first-order chi connectivity index (χ1) is 9.36. The van der Waals surface area contributed by atoms with Crippen molar-refractivity contribution >= 4 is 0 Å². The van der Waals surface area contributed by atoms with Crippen LogP contribution in [-0.4, -0.2) is 13.7 Å². The molecule has 2 aromatic rings. The van der Waals surface area contributed by atoms with Crippen LogP contribution in [0, 0.1) is 0 Å². The number of benzene rings is 2. The molecular formula is C17H19NO. The van der Waals surface area contributed by atoms with Crippen molar-refractivity contribution in [3.8, 4) is 5.75 Å². The molecule has 1 unspecified atom stereocenters. The summed E-state index contributed by atoms with van der Waals surface area (Å²) < 4.78 is 5.20. The maximum absolute atomic E-state index is 5.20. The molecule has 0 bridgehead atoms.